The average Bonchev–Trinajstić information content (AvgIpc) is 3.10. The molecule has 1 atom stereocenters. The zero-order valence-corrected chi connectivity index (χ0v) is 15.9. The first-order valence-electron chi connectivity index (χ1n) is 8.49. The number of nitrogens with one attached hydrogen (secondary N) is 1. The Morgan fingerprint density at radius 3 is 2.77 bits per heavy atom. The number of nitrogens with zero attached hydrogens (tertiary/aromatic N) is 3. The third-order valence-corrected chi connectivity index (χ3v) is 5.23. The normalized spacial score (nSPS) is 16.9. The molecule has 3 rings (SSSR count). The van der Waals surface area contributed by atoms with E-state index in [2.05, 4.69) is 10.2 Å². The van der Waals surface area contributed by atoms with Crippen LogP contribution in [0.1, 0.15) is 12.0 Å². The fraction of sp³-hybridized carbons (Fsp3) is 0.444. The molecule has 0 bridgehead atoms. The van der Waals surface area contributed by atoms with E-state index >= 15 is 0 Å². The van der Waals surface area contributed by atoms with E-state index in [4.69, 9.17) is 16.3 Å². The van der Waals surface area contributed by atoms with Crippen molar-refractivity contribution in [1.29, 1.82) is 0 Å². The number of aromatic nitrogens is 2. The highest BCUT2D eigenvalue weighted by molar-refractivity contribution is 6.31. The van der Waals surface area contributed by atoms with Gasteiger partial charge in [0, 0.05) is 56.4 Å². The molecule has 1 aromatic carbocycles. The fourth-order valence-corrected chi connectivity index (χ4v) is 3.54. The van der Waals surface area contributed by atoms with Gasteiger partial charge in [0.05, 0.1) is 7.11 Å². The van der Waals surface area contributed by atoms with E-state index in [9.17, 15) is 9.59 Å². The van der Waals surface area contributed by atoms with Crippen LogP contribution in [0.25, 0.3) is 0 Å². The number of benzene rings is 1. The number of halogens is 1. The zero-order chi connectivity index (χ0) is 18.8. The van der Waals surface area contributed by atoms with Crippen LogP contribution in [-0.2, 0) is 20.6 Å². The maximum atomic E-state index is 12.1. The topological polar surface area (TPSA) is 68.5 Å². The summed E-state index contributed by atoms with van der Waals surface area (Å²) in [6, 6.07) is 7.34. The predicted molar refractivity (Wildman–Crippen MR) is 102 cm³/mol. The Labute approximate surface area is 156 Å². The molecule has 1 fully saturated rings. The van der Waals surface area contributed by atoms with Crippen molar-refractivity contribution in [2.45, 2.75) is 19.0 Å². The molecule has 1 aromatic heterocycles. The van der Waals surface area contributed by atoms with Crippen LogP contribution >= 0.6 is 11.6 Å². The average molecular weight is 379 g/mol. The van der Waals surface area contributed by atoms with Gasteiger partial charge in [0.25, 0.3) is 5.56 Å². The van der Waals surface area contributed by atoms with Crippen LogP contribution in [0.2, 0.25) is 5.02 Å². The van der Waals surface area contributed by atoms with Crippen LogP contribution in [-0.4, -0.2) is 35.4 Å². The number of hydrogen-bond donors (Lipinski definition) is 1. The molecule has 140 valence electrons. The first-order valence-corrected chi connectivity index (χ1v) is 8.87. The Morgan fingerprint density at radius 2 is 2.04 bits per heavy atom. The lowest BCUT2D eigenvalue weighted by atomic mass is 10.1. The predicted octanol–water partition coefficient (Wildman–Crippen LogP) is 1.11. The van der Waals surface area contributed by atoms with Gasteiger partial charge in [0.1, 0.15) is 11.6 Å². The van der Waals surface area contributed by atoms with Crippen LogP contribution in [0.5, 0.6) is 5.75 Å². The summed E-state index contributed by atoms with van der Waals surface area (Å²) in [6.07, 6.45) is 0.913. The summed E-state index contributed by atoms with van der Waals surface area (Å²) in [5, 5.41) is 4.16. The number of anilines is 1. The van der Waals surface area contributed by atoms with Gasteiger partial charge in [-0.05, 0) is 18.6 Å². The molecule has 0 aliphatic carbocycles. The molecule has 1 N–H and O–H groups in total. The molecule has 26 heavy (non-hydrogen) atoms. The molecule has 1 saturated heterocycles. The fourth-order valence-electron chi connectivity index (χ4n) is 3.31. The minimum atomic E-state index is -0.315. The molecular formula is C18H23ClN4O3. The number of ether oxygens (including phenoxy) is 1. The van der Waals surface area contributed by atoms with E-state index in [1.165, 1.54) is 17.7 Å². The van der Waals surface area contributed by atoms with Gasteiger partial charge < -0.3 is 15.0 Å². The Kier molecular flexibility index (Phi) is 5.38. The third kappa shape index (κ3) is 3.50. The van der Waals surface area contributed by atoms with Crippen molar-refractivity contribution in [1.82, 2.24) is 14.5 Å². The van der Waals surface area contributed by atoms with Crippen molar-refractivity contribution in [2.24, 2.45) is 14.1 Å². The van der Waals surface area contributed by atoms with Crippen LogP contribution in [0.4, 0.5) is 5.82 Å². The highest BCUT2D eigenvalue weighted by atomic mass is 35.5. The summed E-state index contributed by atoms with van der Waals surface area (Å²) in [7, 11) is 4.80. The smallest absolute Gasteiger partial charge is 0.332 e. The maximum absolute atomic E-state index is 12.1. The molecule has 0 unspecified atom stereocenters. The van der Waals surface area contributed by atoms with Crippen molar-refractivity contribution >= 4 is 17.4 Å². The molecule has 0 radical (unpaired) electrons. The van der Waals surface area contributed by atoms with Gasteiger partial charge in [-0.2, -0.15) is 0 Å². The SMILES string of the molecule is COc1cccc(Cl)c1CN[C@@H]1CCN(c2cc(=O)n(C)c(=O)n2C)C1. The van der Waals surface area contributed by atoms with E-state index in [0.717, 1.165) is 28.8 Å². The summed E-state index contributed by atoms with van der Waals surface area (Å²) in [6.45, 7) is 2.09. The molecule has 0 amide bonds. The summed E-state index contributed by atoms with van der Waals surface area (Å²) in [5.74, 6) is 1.41. The van der Waals surface area contributed by atoms with E-state index in [-0.39, 0.29) is 17.3 Å². The van der Waals surface area contributed by atoms with Gasteiger partial charge in [-0.1, -0.05) is 17.7 Å². The van der Waals surface area contributed by atoms with Crippen molar-refractivity contribution in [3.8, 4) is 5.75 Å². The van der Waals surface area contributed by atoms with E-state index in [0.29, 0.717) is 23.9 Å². The molecule has 1 aliphatic heterocycles. The zero-order valence-electron chi connectivity index (χ0n) is 15.2. The number of rotatable bonds is 5. The van der Waals surface area contributed by atoms with Crippen molar-refractivity contribution < 1.29 is 4.74 Å². The summed E-state index contributed by atoms with van der Waals surface area (Å²) in [4.78, 5) is 26.1. The minimum Gasteiger partial charge on any atom is -0.496 e. The van der Waals surface area contributed by atoms with Gasteiger partial charge >= 0.3 is 5.69 Å². The summed E-state index contributed by atoms with van der Waals surface area (Å²) in [5.41, 5.74) is 0.320. The molecule has 2 heterocycles. The molecule has 7 nitrogen and oxygen atoms in total. The molecule has 2 aromatic rings. The van der Waals surface area contributed by atoms with Crippen molar-refractivity contribution in [3.05, 3.63) is 55.7 Å². The molecular weight excluding hydrogens is 356 g/mol. The summed E-state index contributed by atoms with van der Waals surface area (Å²) >= 11 is 6.28. The van der Waals surface area contributed by atoms with Gasteiger partial charge in [0.2, 0.25) is 0 Å². The second-order valence-electron chi connectivity index (χ2n) is 6.47. The first-order chi connectivity index (χ1) is 12.4. The van der Waals surface area contributed by atoms with Crippen molar-refractivity contribution in [2.75, 3.05) is 25.1 Å². The lowest BCUT2D eigenvalue weighted by Crippen LogP contribution is -2.40. The second-order valence-corrected chi connectivity index (χ2v) is 6.88. The third-order valence-electron chi connectivity index (χ3n) is 4.88. The van der Waals surface area contributed by atoms with Crippen LogP contribution in [0, 0.1) is 0 Å². The first kappa shape index (κ1) is 18.5. The maximum Gasteiger partial charge on any atom is 0.332 e. The number of hydrogen-bond acceptors (Lipinski definition) is 5. The van der Waals surface area contributed by atoms with Crippen LogP contribution in [0.3, 0.4) is 0 Å². The summed E-state index contributed by atoms with van der Waals surface area (Å²) < 4.78 is 8.00. The molecule has 0 spiro atoms. The van der Waals surface area contributed by atoms with E-state index in [1.54, 1.807) is 14.2 Å². The quantitative estimate of drug-likeness (QED) is 0.844. The van der Waals surface area contributed by atoms with Gasteiger partial charge in [-0.25, -0.2) is 4.79 Å². The van der Waals surface area contributed by atoms with Crippen LogP contribution < -0.4 is 26.2 Å². The van der Waals surface area contributed by atoms with Crippen LogP contribution in [0.15, 0.2) is 33.9 Å². The van der Waals surface area contributed by atoms with Gasteiger partial charge in [-0.15, -0.1) is 0 Å². The van der Waals surface area contributed by atoms with Gasteiger partial charge in [-0.3, -0.25) is 13.9 Å². The monoisotopic (exact) mass is 378 g/mol. The Bertz CT molecular complexity index is 922. The van der Waals surface area contributed by atoms with Crippen molar-refractivity contribution in [3.63, 3.8) is 0 Å². The second kappa shape index (κ2) is 7.55. The molecule has 0 saturated carbocycles. The lowest BCUT2D eigenvalue weighted by Gasteiger charge is -2.22. The largest absolute Gasteiger partial charge is 0.496 e. The highest BCUT2D eigenvalue weighted by Crippen LogP contribution is 2.26. The highest BCUT2D eigenvalue weighted by Gasteiger charge is 2.25. The Morgan fingerprint density at radius 1 is 1.27 bits per heavy atom. The Balaban J connectivity index is 1.71. The van der Waals surface area contributed by atoms with E-state index < -0.39 is 0 Å². The molecule has 8 heteroatoms. The van der Waals surface area contributed by atoms with E-state index in [1.807, 2.05) is 18.2 Å². The number of methoxy groups -OCH3 is 1. The standard InChI is InChI=1S/C18H23ClN4O3/c1-21-16(9-17(24)22(2)18(21)25)23-8-7-12(11-23)20-10-13-14(19)5-4-6-15(13)26-3/h4-6,9,12,20H,7-8,10-11H2,1-3H3/t12-/m1/s1. The molecule has 1 aliphatic rings. The minimum absolute atomic E-state index is 0.232. The van der Waals surface area contributed by atoms with Gasteiger partial charge in [0.15, 0.2) is 0 Å². The lowest BCUT2D eigenvalue weighted by molar-refractivity contribution is 0.406. The Hall–Kier alpha value is -2.25.